The molecule has 10 nitrogen and oxygen atoms in total. The minimum Gasteiger partial charge on any atom is -0.468 e. The Morgan fingerprint density at radius 1 is 1.04 bits per heavy atom. The Bertz CT molecular complexity index is 597. The van der Waals surface area contributed by atoms with Gasteiger partial charge in [-0.15, -0.1) is 0 Å². The molecule has 0 aliphatic rings. The van der Waals surface area contributed by atoms with Crippen LogP contribution in [0, 0.1) is 26.1 Å². The number of nitro groups is 2. The van der Waals surface area contributed by atoms with Crippen molar-refractivity contribution in [3.8, 4) is 0 Å². The van der Waals surface area contributed by atoms with Crippen LogP contribution in [0.2, 0.25) is 0 Å². The lowest BCUT2D eigenvalue weighted by Crippen LogP contribution is -2.35. The number of nitro benzene ring substituents is 1. The number of non-ortho nitro benzene ring substituents is 1. The van der Waals surface area contributed by atoms with Crippen LogP contribution in [-0.4, -0.2) is 42.5 Å². The number of hydrogen-bond donors (Lipinski definition) is 0. The number of hydrogen-bond acceptors (Lipinski definition) is 8. The summed E-state index contributed by atoms with van der Waals surface area (Å²) in [5, 5.41) is 21.5. The first kappa shape index (κ1) is 18.0. The summed E-state index contributed by atoms with van der Waals surface area (Å²) in [7, 11) is 2.08. The van der Waals surface area contributed by atoms with E-state index in [1.165, 1.54) is 12.1 Å². The molecule has 0 aliphatic heterocycles. The second kappa shape index (κ2) is 7.82. The fourth-order valence-electron chi connectivity index (χ4n) is 2.09. The van der Waals surface area contributed by atoms with E-state index < -0.39 is 40.2 Å². The molecule has 23 heavy (non-hydrogen) atoms. The van der Waals surface area contributed by atoms with E-state index in [2.05, 4.69) is 9.47 Å². The largest absolute Gasteiger partial charge is 0.468 e. The predicted octanol–water partition coefficient (Wildman–Crippen LogP) is 0.917. The molecule has 1 aromatic rings. The molecule has 0 amide bonds. The maximum Gasteiger partial charge on any atom is 0.320 e. The van der Waals surface area contributed by atoms with Crippen molar-refractivity contribution in [2.45, 2.75) is 5.92 Å². The zero-order chi connectivity index (χ0) is 17.6. The maximum absolute atomic E-state index is 11.8. The topological polar surface area (TPSA) is 139 Å². The van der Waals surface area contributed by atoms with E-state index in [0.29, 0.717) is 0 Å². The summed E-state index contributed by atoms with van der Waals surface area (Å²) in [6.45, 7) is -0.743. The van der Waals surface area contributed by atoms with Gasteiger partial charge in [-0.05, 0) is 5.56 Å². The second-order valence-electron chi connectivity index (χ2n) is 4.49. The highest BCUT2D eigenvalue weighted by Gasteiger charge is 2.40. The van der Waals surface area contributed by atoms with Crippen molar-refractivity contribution >= 4 is 17.6 Å². The fourth-order valence-corrected chi connectivity index (χ4v) is 2.09. The number of benzene rings is 1. The monoisotopic (exact) mass is 326 g/mol. The zero-order valence-electron chi connectivity index (χ0n) is 12.3. The standard InChI is InChI=1S/C13H14N2O8/c1-22-12(16)11(13(17)23-2)10(7-14(18)19)8-3-5-9(6-4-8)15(20)21/h3-6,10-11H,7H2,1-2H3. The van der Waals surface area contributed by atoms with Gasteiger partial charge in [0.05, 0.1) is 25.1 Å². The molecule has 1 unspecified atom stereocenters. The Kier molecular flexibility index (Phi) is 6.13. The first-order valence-electron chi connectivity index (χ1n) is 6.33. The van der Waals surface area contributed by atoms with Gasteiger partial charge < -0.3 is 9.47 Å². The van der Waals surface area contributed by atoms with Crippen LogP contribution >= 0.6 is 0 Å². The van der Waals surface area contributed by atoms with Gasteiger partial charge in [-0.1, -0.05) is 12.1 Å². The molecule has 0 aliphatic carbocycles. The number of rotatable bonds is 7. The van der Waals surface area contributed by atoms with Gasteiger partial charge in [-0.2, -0.15) is 0 Å². The SMILES string of the molecule is COC(=O)C(C(=O)OC)C(C[N+](=O)[O-])c1ccc([N+](=O)[O-])cc1. The van der Waals surface area contributed by atoms with Crippen LogP contribution in [0.1, 0.15) is 11.5 Å². The fraction of sp³-hybridized carbons (Fsp3) is 0.385. The molecule has 0 heterocycles. The van der Waals surface area contributed by atoms with E-state index in [9.17, 15) is 29.8 Å². The van der Waals surface area contributed by atoms with Gasteiger partial charge in [0.1, 0.15) is 0 Å². The van der Waals surface area contributed by atoms with Gasteiger partial charge in [0.15, 0.2) is 5.92 Å². The molecule has 0 fully saturated rings. The molecule has 0 saturated heterocycles. The Hall–Kier alpha value is -3.04. The first-order valence-corrected chi connectivity index (χ1v) is 6.33. The van der Waals surface area contributed by atoms with Gasteiger partial charge >= 0.3 is 11.9 Å². The zero-order valence-corrected chi connectivity index (χ0v) is 12.3. The van der Waals surface area contributed by atoms with E-state index in [0.717, 1.165) is 26.4 Å². The van der Waals surface area contributed by atoms with E-state index in [1.54, 1.807) is 0 Å². The lowest BCUT2D eigenvalue weighted by Gasteiger charge is -2.20. The summed E-state index contributed by atoms with van der Waals surface area (Å²) in [5.74, 6) is -4.69. The molecule has 0 N–H and O–H groups in total. The van der Waals surface area contributed by atoms with Crippen LogP contribution in [0.5, 0.6) is 0 Å². The van der Waals surface area contributed by atoms with Crippen molar-refractivity contribution < 1.29 is 28.9 Å². The van der Waals surface area contributed by atoms with Crippen molar-refractivity contribution in [2.24, 2.45) is 5.92 Å². The number of methoxy groups -OCH3 is 2. The number of ether oxygens (including phenoxy) is 2. The molecule has 10 heteroatoms. The summed E-state index contributed by atoms with van der Waals surface area (Å²) in [6, 6.07) is 4.78. The number of esters is 2. The third-order valence-corrected chi connectivity index (χ3v) is 3.19. The second-order valence-corrected chi connectivity index (χ2v) is 4.49. The molecular weight excluding hydrogens is 312 g/mol. The summed E-state index contributed by atoms with van der Waals surface area (Å²) in [6.07, 6.45) is 0. The van der Waals surface area contributed by atoms with E-state index >= 15 is 0 Å². The minimum atomic E-state index is -1.54. The van der Waals surface area contributed by atoms with Gasteiger partial charge in [0, 0.05) is 17.1 Å². The van der Waals surface area contributed by atoms with Crippen molar-refractivity contribution in [2.75, 3.05) is 20.8 Å². The summed E-state index contributed by atoms with van der Waals surface area (Å²) < 4.78 is 9.02. The van der Waals surface area contributed by atoms with Crippen molar-refractivity contribution in [1.29, 1.82) is 0 Å². The van der Waals surface area contributed by atoms with Gasteiger partial charge in [-0.3, -0.25) is 29.8 Å². The molecule has 1 atom stereocenters. The summed E-state index contributed by atoms with van der Waals surface area (Å²) in [4.78, 5) is 43.9. The Morgan fingerprint density at radius 3 is 1.87 bits per heavy atom. The van der Waals surface area contributed by atoms with Crippen LogP contribution < -0.4 is 0 Å². The highest BCUT2D eigenvalue weighted by molar-refractivity contribution is 5.96. The Morgan fingerprint density at radius 2 is 1.52 bits per heavy atom. The highest BCUT2D eigenvalue weighted by Crippen LogP contribution is 2.29. The molecule has 0 saturated carbocycles. The van der Waals surface area contributed by atoms with Crippen LogP contribution in [-0.2, 0) is 19.1 Å². The lowest BCUT2D eigenvalue weighted by molar-refractivity contribution is -0.484. The molecule has 124 valence electrons. The van der Waals surface area contributed by atoms with Crippen LogP contribution in [0.25, 0.3) is 0 Å². The molecular formula is C13H14N2O8. The van der Waals surface area contributed by atoms with Gasteiger partial charge in [0.25, 0.3) is 5.69 Å². The van der Waals surface area contributed by atoms with E-state index in [1.807, 2.05) is 0 Å². The molecule has 0 bridgehead atoms. The average Bonchev–Trinajstić information content (AvgIpc) is 2.53. The summed E-state index contributed by atoms with van der Waals surface area (Å²) >= 11 is 0. The summed E-state index contributed by atoms with van der Waals surface area (Å²) in [5.41, 5.74) is -0.00520. The van der Waals surface area contributed by atoms with Crippen molar-refractivity contribution in [1.82, 2.24) is 0 Å². The van der Waals surface area contributed by atoms with Crippen molar-refractivity contribution in [3.05, 3.63) is 50.1 Å². The van der Waals surface area contributed by atoms with E-state index in [4.69, 9.17) is 0 Å². The van der Waals surface area contributed by atoms with Crippen molar-refractivity contribution in [3.63, 3.8) is 0 Å². The van der Waals surface area contributed by atoms with E-state index in [-0.39, 0.29) is 11.3 Å². The normalized spacial score (nSPS) is 11.6. The highest BCUT2D eigenvalue weighted by atomic mass is 16.6. The molecule has 1 rings (SSSR count). The molecule has 0 spiro atoms. The third-order valence-electron chi connectivity index (χ3n) is 3.19. The number of carbonyl (C=O) groups is 2. The van der Waals surface area contributed by atoms with Crippen LogP contribution in [0.15, 0.2) is 24.3 Å². The predicted molar refractivity (Wildman–Crippen MR) is 75.2 cm³/mol. The minimum absolute atomic E-state index is 0.216. The van der Waals surface area contributed by atoms with Crippen LogP contribution in [0.3, 0.4) is 0 Å². The molecule has 0 aromatic heterocycles. The maximum atomic E-state index is 11.8. The average molecular weight is 326 g/mol. The van der Waals surface area contributed by atoms with Gasteiger partial charge in [0.2, 0.25) is 6.54 Å². The van der Waals surface area contributed by atoms with Crippen LogP contribution in [0.4, 0.5) is 5.69 Å². The Labute approximate surface area is 130 Å². The lowest BCUT2D eigenvalue weighted by atomic mass is 9.85. The number of nitrogens with zero attached hydrogens (tertiary/aromatic N) is 2. The number of carbonyl (C=O) groups excluding carboxylic acids is 2. The van der Waals surface area contributed by atoms with Gasteiger partial charge in [-0.25, -0.2) is 0 Å². The smallest absolute Gasteiger partial charge is 0.320 e. The quantitative estimate of drug-likeness (QED) is 0.312. The Balaban J connectivity index is 3.29. The molecule has 1 aromatic carbocycles. The molecule has 0 radical (unpaired) electrons. The first-order chi connectivity index (χ1) is 10.8. The third kappa shape index (κ3) is 4.46.